The Hall–Kier alpha value is -0.910. The lowest BCUT2D eigenvalue weighted by atomic mass is 9.99. The van der Waals surface area contributed by atoms with Crippen LogP contribution in [0.2, 0.25) is 0 Å². The molecule has 1 aromatic heterocycles. The van der Waals surface area contributed by atoms with E-state index in [0.717, 1.165) is 12.1 Å². The first kappa shape index (κ1) is 16.1. The number of nitrogens with zero attached hydrogens (tertiary/aromatic N) is 2. The third-order valence-corrected chi connectivity index (χ3v) is 3.17. The van der Waals surface area contributed by atoms with Crippen LogP contribution in [-0.4, -0.2) is 40.7 Å². The van der Waals surface area contributed by atoms with Gasteiger partial charge in [0.15, 0.2) is 0 Å². The highest BCUT2D eigenvalue weighted by molar-refractivity contribution is 5.06. The van der Waals surface area contributed by atoms with E-state index >= 15 is 0 Å². The SMILES string of the molecule is COCC(C)(CCO)NCc1cnn(C(C)(C)C)c1. The largest absolute Gasteiger partial charge is 0.396 e. The van der Waals surface area contributed by atoms with Gasteiger partial charge in [-0.1, -0.05) is 0 Å². The molecule has 19 heavy (non-hydrogen) atoms. The van der Waals surface area contributed by atoms with Gasteiger partial charge in [-0.25, -0.2) is 0 Å². The van der Waals surface area contributed by atoms with Gasteiger partial charge in [0.25, 0.3) is 0 Å². The Balaban J connectivity index is 2.62. The molecule has 1 rings (SSSR count). The summed E-state index contributed by atoms with van der Waals surface area (Å²) in [6, 6.07) is 0. The minimum absolute atomic E-state index is 0.000812. The Bertz CT molecular complexity index is 376. The van der Waals surface area contributed by atoms with Crippen molar-refractivity contribution >= 4 is 0 Å². The van der Waals surface area contributed by atoms with Crippen LogP contribution < -0.4 is 5.32 Å². The standard InChI is InChI=1S/C14H27N3O2/c1-13(2,3)17-10-12(9-16-17)8-15-14(4,6-7-18)11-19-5/h9-10,15,18H,6-8,11H2,1-5H3. The van der Waals surface area contributed by atoms with Crippen LogP contribution in [0.15, 0.2) is 12.4 Å². The Morgan fingerprint density at radius 2 is 2.05 bits per heavy atom. The molecule has 5 heteroatoms. The van der Waals surface area contributed by atoms with Crippen LogP contribution in [0.25, 0.3) is 0 Å². The summed E-state index contributed by atoms with van der Waals surface area (Å²) >= 11 is 0. The number of rotatable bonds is 7. The van der Waals surface area contributed by atoms with E-state index in [4.69, 9.17) is 9.84 Å². The normalized spacial score (nSPS) is 15.5. The van der Waals surface area contributed by atoms with Crippen molar-refractivity contribution in [1.29, 1.82) is 0 Å². The third-order valence-electron chi connectivity index (χ3n) is 3.17. The number of aliphatic hydroxyl groups is 1. The predicted molar refractivity (Wildman–Crippen MR) is 76.0 cm³/mol. The van der Waals surface area contributed by atoms with Gasteiger partial charge in [0, 0.05) is 37.6 Å². The van der Waals surface area contributed by atoms with E-state index in [-0.39, 0.29) is 17.7 Å². The lowest BCUT2D eigenvalue weighted by Crippen LogP contribution is -2.46. The van der Waals surface area contributed by atoms with Crippen molar-refractivity contribution in [3.8, 4) is 0 Å². The molecule has 1 atom stereocenters. The molecule has 0 radical (unpaired) electrons. The first-order chi connectivity index (χ1) is 8.80. The van der Waals surface area contributed by atoms with Gasteiger partial charge in [0.05, 0.1) is 18.3 Å². The summed E-state index contributed by atoms with van der Waals surface area (Å²) < 4.78 is 7.18. The van der Waals surface area contributed by atoms with Crippen LogP contribution in [0.4, 0.5) is 0 Å². The van der Waals surface area contributed by atoms with Gasteiger partial charge in [0.1, 0.15) is 0 Å². The first-order valence-electron chi connectivity index (χ1n) is 6.69. The molecule has 0 aliphatic carbocycles. The smallest absolute Gasteiger partial charge is 0.0642 e. The van der Waals surface area contributed by atoms with Crippen LogP contribution in [0.5, 0.6) is 0 Å². The summed E-state index contributed by atoms with van der Waals surface area (Å²) in [5.74, 6) is 0. The van der Waals surface area contributed by atoms with Crippen molar-refractivity contribution in [3.63, 3.8) is 0 Å². The Kier molecular flexibility index (Phi) is 5.52. The van der Waals surface area contributed by atoms with E-state index in [2.05, 4.69) is 44.3 Å². The van der Waals surface area contributed by atoms with Crippen LogP contribution >= 0.6 is 0 Å². The molecule has 0 amide bonds. The molecule has 0 aliphatic rings. The van der Waals surface area contributed by atoms with Crippen LogP contribution in [0, 0.1) is 0 Å². The minimum atomic E-state index is -0.215. The van der Waals surface area contributed by atoms with Gasteiger partial charge in [-0.3, -0.25) is 4.68 Å². The summed E-state index contributed by atoms with van der Waals surface area (Å²) in [6.45, 7) is 9.86. The number of nitrogens with one attached hydrogen (secondary N) is 1. The maximum atomic E-state index is 9.12. The number of methoxy groups -OCH3 is 1. The number of hydrogen-bond acceptors (Lipinski definition) is 4. The van der Waals surface area contributed by atoms with Gasteiger partial charge in [-0.2, -0.15) is 5.10 Å². The number of ether oxygens (including phenoxy) is 1. The van der Waals surface area contributed by atoms with Crippen molar-refractivity contribution in [3.05, 3.63) is 18.0 Å². The fourth-order valence-electron chi connectivity index (χ4n) is 1.91. The van der Waals surface area contributed by atoms with E-state index in [1.807, 2.05) is 10.9 Å². The molecule has 0 fully saturated rings. The predicted octanol–water partition coefficient (Wildman–Crippen LogP) is 1.52. The van der Waals surface area contributed by atoms with E-state index in [1.165, 1.54) is 0 Å². The number of aromatic nitrogens is 2. The van der Waals surface area contributed by atoms with Crippen LogP contribution in [0.3, 0.4) is 0 Å². The monoisotopic (exact) mass is 269 g/mol. The van der Waals surface area contributed by atoms with Gasteiger partial charge in [0.2, 0.25) is 0 Å². The lowest BCUT2D eigenvalue weighted by molar-refractivity contribution is 0.0969. The molecule has 2 N–H and O–H groups in total. The fraction of sp³-hybridized carbons (Fsp3) is 0.786. The van der Waals surface area contributed by atoms with Crippen LogP contribution in [-0.2, 0) is 16.8 Å². The van der Waals surface area contributed by atoms with Crippen molar-refractivity contribution in [2.24, 2.45) is 0 Å². The highest BCUT2D eigenvalue weighted by Gasteiger charge is 2.23. The van der Waals surface area contributed by atoms with Crippen LogP contribution in [0.1, 0.15) is 39.7 Å². The molecule has 110 valence electrons. The third kappa shape index (κ3) is 4.93. The quantitative estimate of drug-likeness (QED) is 0.788. The second-order valence-electron chi connectivity index (χ2n) is 6.28. The number of aliphatic hydroxyl groups excluding tert-OH is 1. The molecule has 0 aliphatic heterocycles. The summed E-state index contributed by atoms with van der Waals surface area (Å²) in [6.07, 6.45) is 4.60. The zero-order chi connectivity index (χ0) is 14.5. The second-order valence-corrected chi connectivity index (χ2v) is 6.28. The van der Waals surface area contributed by atoms with E-state index in [0.29, 0.717) is 13.0 Å². The maximum Gasteiger partial charge on any atom is 0.0642 e. The van der Waals surface area contributed by atoms with E-state index < -0.39 is 0 Å². The van der Waals surface area contributed by atoms with Gasteiger partial charge in [-0.05, 0) is 34.1 Å². The van der Waals surface area contributed by atoms with E-state index in [9.17, 15) is 0 Å². The highest BCUT2D eigenvalue weighted by Crippen LogP contribution is 2.15. The van der Waals surface area contributed by atoms with Gasteiger partial charge >= 0.3 is 0 Å². The average Bonchev–Trinajstić information content (AvgIpc) is 2.75. The van der Waals surface area contributed by atoms with Gasteiger partial charge in [-0.15, -0.1) is 0 Å². The molecule has 0 bridgehead atoms. The summed E-state index contributed by atoms with van der Waals surface area (Å²) in [4.78, 5) is 0. The van der Waals surface area contributed by atoms with Crippen molar-refractivity contribution in [2.45, 2.75) is 51.7 Å². The summed E-state index contributed by atoms with van der Waals surface area (Å²) in [7, 11) is 1.68. The molecule has 0 saturated heterocycles. The zero-order valence-electron chi connectivity index (χ0n) is 12.7. The minimum Gasteiger partial charge on any atom is -0.396 e. The first-order valence-corrected chi connectivity index (χ1v) is 6.69. The van der Waals surface area contributed by atoms with Crippen molar-refractivity contribution in [2.75, 3.05) is 20.3 Å². The summed E-state index contributed by atoms with van der Waals surface area (Å²) in [5.41, 5.74) is 0.919. The van der Waals surface area contributed by atoms with E-state index in [1.54, 1.807) is 7.11 Å². The average molecular weight is 269 g/mol. The Labute approximate surface area is 116 Å². The molecule has 5 nitrogen and oxygen atoms in total. The lowest BCUT2D eigenvalue weighted by Gasteiger charge is -2.29. The topological polar surface area (TPSA) is 59.3 Å². The molecular weight excluding hydrogens is 242 g/mol. The van der Waals surface area contributed by atoms with Crippen molar-refractivity contribution < 1.29 is 9.84 Å². The second kappa shape index (κ2) is 6.50. The zero-order valence-corrected chi connectivity index (χ0v) is 12.7. The molecule has 1 unspecified atom stereocenters. The van der Waals surface area contributed by atoms with Gasteiger partial charge < -0.3 is 15.2 Å². The molecule has 0 spiro atoms. The molecule has 1 heterocycles. The molecule has 0 aromatic carbocycles. The van der Waals surface area contributed by atoms with Crippen molar-refractivity contribution in [1.82, 2.24) is 15.1 Å². The Morgan fingerprint density at radius 3 is 2.53 bits per heavy atom. The Morgan fingerprint density at radius 1 is 1.37 bits per heavy atom. The molecule has 1 aromatic rings. The maximum absolute atomic E-state index is 9.12. The fourth-order valence-corrected chi connectivity index (χ4v) is 1.91. The number of hydrogen-bond donors (Lipinski definition) is 2. The summed E-state index contributed by atoms with van der Waals surface area (Å²) in [5, 5.41) is 16.9. The molecule has 0 saturated carbocycles. The molecular formula is C14H27N3O2. The highest BCUT2D eigenvalue weighted by atomic mass is 16.5.